The Morgan fingerprint density at radius 3 is 2.48 bits per heavy atom. The highest BCUT2D eigenvalue weighted by molar-refractivity contribution is 7.91. The van der Waals surface area contributed by atoms with Crippen LogP contribution in [0.2, 0.25) is 0 Å². The summed E-state index contributed by atoms with van der Waals surface area (Å²) in [6, 6.07) is 2.84. The predicted molar refractivity (Wildman–Crippen MR) is 96.9 cm³/mol. The third-order valence-electron chi connectivity index (χ3n) is 5.88. The Morgan fingerprint density at radius 1 is 1.12 bits per heavy atom. The van der Waals surface area contributed by atoms with E-state index in [0.29, 0.717) is 29.0 Å². The van der Waals surface area contributed by atoms with Gasteiger partial charge in [0.1, 0.15) is 10.3 Å². The number of likely N-dealkylation sites (tertiary alicyclic amines) is 1. The molecule has 0 saturated carbocycles. The number of rotatable bonds is 3. The smallest absolute Gasteiger partial charge is 0.253 e. The second-order valence-electron chi connectivity index (χ2n) is 7.29. The lowest BCUT2D eigenvalue weighted by molar-refractivity contribution is -0.134. The molecule has 1 aromatic rings. The molecule has 8 heteroatoms. The number of hydrogen-bond acceptors (Lipinski definition) is 5. The van der Waals surface area contributed by atoms with Crippen LogP contribution >= 0.6 is 11.3 Å². The highest BCUT2D eigenvalue weighted by Gasteiger charge is 2.42. The molecule has 1 unspecified atom stereocenters. The molecule has 3 aliphatic rings. The van der Waals surface area contributed by atoms with E-state index in [1.165, 1.54) is 15.6 Å². The summed E-state index contributed by atoms with van der Waals surface area (Å²) in [5.41, 5.74) is 0. The van der Waals surface area contributed by atoms with Crippen molar-refractivity contribution in [3.05, 3.63) is 17.5 Å². The number of carbonyl (C=O) groups excluding carboxylic acids is 1. The van der Waals surface area contributed by atoms with Crippen molar-refractivity contribution < 1.29 is 13.2 Å². The summed E-state index contributed by atoms with van der Waals surface area (Å²) in [6.07, 6.45) is 3.43. The Kier molecular flexibility index (Phi) is 4.87. The molecule has 0 aliphatic carbocycles. The summed E-state index contributed by atoms with van der Waals surface area (Å²) in [6.45, 7) is 4.06. The summed E-state index contributed by atoms with van der Waals surface area (Å²) < 4.78 is 27.5. The van der Waals surface area contributed by atoms with Crippen LogP contribution in [-0.4, -0.2) is 62.3 Å². The Morgan fingerprint density at radius 2 is 1.84 bits per heavy atom. The van der Waals surface area contributed by atoms with Crippen LogP contribution in [0.15, 0.2) is 21.7 Å². The molecule has 0 spiro atoms. The number of hydrogen-bond donors (Lipinski definition) is 1. The summed E-state index contributed by atoms with van der Waals surface area (Å²) in [4.78, 5) is 15.0. The van der Waals surface area contributed by atoms with E-state index >= 15 is 0 Å². The van der Waals surface area contributed by atoms with Crippen LogP contribution in [0.5, 0.6) is 0 Å². The summed E-state index contributed by atoms with van der Waals surface area (Å²) in [7, 11) is -3.56. The first-order chi connectivity index (χ1) is 12.1. The van der Waals surface area contributed by atoms with E-state index in [4.69, 9.17) is 0 Å². The maximum Gasteiger partial charge on any atom is 0.253 e. The van der Waals surface area contributed by atoms with Crippen molar-refractivity contribution in [3.63, 3.8) is 0 Å². The molecule has 1 aromatic heterocycles. The monoisotopic (exact) mass is 383 g/mol. The predicted octanol–water partition coefficient (Wildman–Crippen LogP) is 1.36. The summed E-state index contributed by atoms with van der Waals surface area (Å²) >= 11 is 1.22. The minimum atomic E-state index is -3.56. The molecule has 1 N–H and O–H groups in total. The van der Waals surface area contributed by atoms with Gasteiger partial charge >= 0.3 is 0 Å². The van der Waals surface area contributed by atoms with E-state index in [1.54, 1.807) is 17.5 Å². The fraction of sp³-hybridized carbons (Fsp3) is 0.706. The van der Waals surface area contributed by atoms with Crippen LogP contribution in [0, 0.1) is 11.8 Å². The molecule has 25 heavy (non-hydrogen) atoms. The summed E-state index contributed by atoms with van der Waals surface area (Å²) in [5, 5.41) is 5.21. The van der Waals surface area contributed by atoms with Gasteiger partial charge in [-0.1, -0.05) is 6.07 Å². The standard InChI is InChI=1S/C17H25N3O3S2/c21-17(19-8-5-13-11-18-12-14(13)6-9-19)15-3-1-7-20(15)25(22,23)16-4-2-10-24-16/h2,4,10,13-15,18H,1,3,5-9,11-12H2/t13-,14+,15?. The van der Waals surface area contributed by atoms with Crippen LogP contribution in [0.4, 0.5) is 0 Å². The van der Waals surface area contributed by atoms with E-state index in [2.05, 4.69) is 5.32 Å². The van der Waals surface area contributed by atoms with Crippen LogP contribution in [0.1, 0.15) is 25.7 Å². The minimum absolute atomic E-state index is 0.00515. The van der Waals surface area contributed by atoms with Gasteiger partial charge in [0.05, 0.1) is 0 Å². The van der Waals surface area contributed by atoms with Gasteiger partial charge in [0.2, 0.25) is 5.91 Å². The lowest BCUT2D eigenvalue weighted by Crippen LogP contribution is -2.48. The summed E-state index contributed by atoms with van der Waals surface area (Å²) in [5.74, 6) is 1.32. The quantitative estimate of drug-likeness (QED) is 0.856. The number of nitrogens with one attached hydrogen (secondary N) is 1. The second-order valence-corrected chi connectivity index (χ2v) is 10.4. The van der Waals surface area contributed by atoms with Crippen LogP contribution < -0.4 is 5.32 Å². The average molecular weight is 384 g/mol. The van der Waals surface area contributed by atoms with Crippen molar-refractivity contribution in [1.29, 1.82) is 0 Å². The third-order valence-corrected chi connectivity index (χ3v) is 9.16. The van der Waals surface area contributed by atoms with E-state index in [1.807, 2.05) is 4.90 Å². The lowest BCUT2D eigenvalue weighted by atomic mass is 9.92. The van der Waals surface area contributed by atoms with Crippen LogP contribution in [-0.2, 0) is 14.8 Å². The first kappa shape index (κ1) is 17.5. The number of sulfonamides is 1. The zero-order valence-corrected chi connectivity index (χ0v) is 15.9. The van der Waals surface area contributed by atoms with Gasteiger partial charge in [0.25, 0.3) is 10.0 Å². The van der Waals surface area contributed by atoms with Gasteiger partial charge in [-0.25, -0.2) is 8.42 Å². The topological polar surface area (TPSA) is 69.7 Å². The molecule has 4 heterocycles. The fourth-order valence-corrected chi connectivity index (χ4v) is 7.22. The van der Waals surface area contributed by atoms with E-state index in [-0.39, 0.29) is 5.91 Å². The van der Waals surface area contributed by atoms with Crippen molar-refractivity contribution in [1.82, 2.24) is 14.5 Å². The molecule has 4 rings (SSSR count). The molecular formula is C17H25N3O3S2. The molecule has 0 radical (unpaired) electrons. The molecule has 6 nitrogen and oxygen atoms in total. The van der Waals surface area contributed by atoms with Gasteiger partial charge < -0.3 is 10.2 Å². The van der Waals surface area contributed by atoms with Gasteiger partial charge in [0, 0.05) is 19.6 Å². The molecule has 3 saturated heterocycles. The molecule has 3 fully saturated rings. The normalized spacial score (nSPS) is 31.0. The molecule has 3 aliphatic heterocycles. The Labute approximate surface area is 153 Å². The third kappa shape index (κ3) is 3.25. The number of nitrogens with zero attached hydrogens (tertiary/aromatic N) is 2. The molecular weight excluding hydrogens is 358 g/mol. The van der Waals surface area contributed by atoms with Crippen molar-refractivity contribution in [2.45, 2.75) is 35.9 Å². The second kappa shape index (κ2) is 6.98. The lowest BCUT2D eigenvalue weighted by Gasteiger charge is -2.29. The fourth-order valence-electron chi connectivity index (χ4n) is 4.45. The largest absolute Gasteiger partial charge is 0.341 e. The highest BCUT2D eigenvalue weighted by atomic mass is 32.2. The zero-order chi connectivity index (χ0) is 17.4. The minimum Gasteiger partial charge on any atom is -0.341 e. The molecule has 0 aromatic carbocycles. The maximum absolute atomic E-state index is 13.1. The van der Waals surface area contributed by atoms with Crippen molar-refractivity contribution >= 4 is 27.3 Å². The number of thiophene rings is 1. The Hall–Kier alpha value is -0.960. The SMILES string of the molecule is O=C(C1CCCN1S(=O)(=O)c1cccs1)N1CC[C@@H]2CNC[C@@H]2CC1. The van der Waals surface area contributed by atoms with Crippen molar-refractivity contribution in [3.8, 4) is 0 Å². The number of fused-ring (bicyclic) bond motifs is 1. The van der Waals surface area contributed by atoms with Crippen LogP contribution in [0.25, 0.3) is 0 Å². The number of amides is 1. The van der Waals surface area contributed by atoms with E-state index in [9.17, 15) is 13.2 Å². The van der Waals surface area contributed by atoms with Gasteiger partial charge in [-0.2, -0.15) is 4.31 Å². The first-order valence-corrected chi connectivity index (χ1v) is 11.4. The van der Waals surface area contributed by atoms with Crippen molar-refractivity contribution in [2.24, 2.45) is 11.8 Å². The average Bonchev–Trinajstić information content (AvgIpc) is 3.34. The molecule has 0 bridgehead atoms. The van der Waals surface area contributed by atoms with E-state index < -0.39 is 16.1 Å². The molecule has 3 atom stereocenters. The van der Waals surface area contributed by atoms with Gasteiger partial charge in [-0.15, -0.1) is 11.3 Å². The first-order valence-electron chi connectivity index (χ1n) is 9.12. The Bertz CT molecular complexity index is 706. The zero-order valence-electron chi connectivity index (χ0n) is 14.3. The molecule has 138 valence electrons. The van der Waals surface area contributed by atoms with E-state index in [0.717, 1.165) is 45.4 Å². The van der Waals surface area contributed by atoms with Gasteiger partial charge in [-0.05, 0) is 62.1 Å². The maximum atomic E-state index is 13.1. The van der Waals surface area contributed by atoms with Crippen LogP contribution in [0.3, 0.4) is 0 Å². The highest BCUT2D eigenvalue weighted by Crippen LogP contribution is 2.31. The van der Waals surface area contributed by atoms with Crippen molar-refractivity contribution in [2.75, 3.05) is 32.7 Å². The van der Waals surface area contributed by atoms with Gasteiger partial charge in [-0.3, -0.25) is 4.79 Å². The molecule has 1 amide bonds. The van der Waals surface area contributed by atoms with Gasteiger partial charge in [0.15, 0.2) is 0 Å². The number of carbonyl (C=O) groups is 1. The Balaban J connectivity index is 1.49.